The summed E-state index contributed by atoms with van der Waals surface area (Å²) in [7, 11) is 0. The molecule has 0 aliphatic carbocycles. The molecular weight excluding hydrogens is 704 g/mol. The van der Waals surface area contributed by atoms with Crippen molar-refractivity contribution >= 4 is 35.2 Å². The van der Waals surface area contributed by atoms with E-state index in [4.69, 9.17) is 18.7 Å². The Kier molecular flexibility index (Phi) is 11.9. The second-order valence-corrected chi connectivity index (χ2v) is 15.7. The zero-order valence-corrected chi connectivity index (χ0v) is 30.7. The number of nitrogens with zero attached hydrogens (tertiary/aromatic N) is 4. The molecular formula is C33H48N6O12S. The van der Waals surface area contributed by atoms with Crippen LogP contribution in [0.1, 0.15) is 62.5 Å². The van der Waals surface area contributed by atoms with E-state index < -0.39 is 84.0 Å². The number of carboxylic acid groups (broad SMARTS) is 1. The van der Waals surface area contributed by atoms with Gasteiger partial charge < -0.3 is 54.7 Å². The summed E-state index contributed by atoms with van der Waals surface area (Å²) < 4.78 is 22.7. The molecule has 3 aliphatic rings. The molecule has 6 N–H and O–H groups in total. The van der Waals surface area contributed by atoms with Gasteiger partial charge in [0.25, 0.3) is 5.91 Å². The van der Waals surface area contributed by atoms with Gasteiger partial charge in [-0.1, -0.05) is 5.16 Å². The van der Waals surface area contributed by atoms with Crippen LogP contribution in [0.2, 0.25) is 0 Å². The third-order valence-electron chi connectivity index (χ3n) is 9.56. The van der Waals surface area contributed by atoms with Crippen molar-refractivity contribution in [3.8, 4) is 11.5 Å². The molecule has 0 saturated carbocycles. The Hall–Kier alpha value is -3.72. The second kappa shape index (κ2) is 15.7. The van der Waals surface area contributed by atoms with Crippen molar-refractivity contribution < 1.29 is 58.3 Å². The molecule has 7 atom stereocenters. The van der Waals surface area contributed by atoms with Gasteiger partial charge in [-0.05, 0) is 34.1 Å². The molecule has 0 aromatic carbocycles. The lowest BCUT2D eigenvalue weighted by molar-refractivity contribution is -0.231. The minimum Gasteiger partial charge on any atom is -0.479 e. The highest BCUT2D eigenvalue weighted by molar-refractivity contribution is 7.09. The van der Waals surface area contributed by atoms with Crippen LogP contribution in [-0.4, -0.2) is 157 Å². The van der Waals surface area contributed by atoms with E-state index in [1.54, 1.807) is 31.1 Å². The largest absolute Gasteiger partial charge is 0.479 e. The minimum absolute atomic E-state index is 0.106. The smallest absolute Gasteiger partial charge is 0.410 e. The van der Waals surface area contributed by atoms with Gasteiger partial charge in [0, 0.05) is 63.9 Å². The Morgan fingerprint density at radius 2 is 1.96 bits per heavy atom. The van der Waals surface area contributed by atoms with Gasteiger partial charge in [0.15, 0.2) is 17.1 Å². The Balaban J connectivity index is 1.28. The summed E-state index contributed by atoms with van der Waals surface area (Å²) >= 11 is 1.39. The van der Waals surface area contributed by atoms with Crippen LogP contribution in [0.5, 0.6) is 0 Å². The van der Waals surface area contributed by atoms with Crippen LogP contribution in [0, 0.1) is 6.92 Å². The molecule has 52 heavy (non-hydrogen) atoms. The fourth-order valence-corrected chi connectivity index (χ4v) is 7.52. The molecule has 0 unspecified atom stereocenters. The van der Waals surface area contributed by atoms with E-state index in [-0.39, 0.29) is 24.4 Å². The molecule has 18 nitrogen and oxygen atoms in total. The standard InChI is InChI=1S/C33H48N6O12S/c1-18(40)35-25-22(41)13-33(29(45)46,7-9-39-10-11-48-17-32(39)6-8-38(16-32)30(47)50-31(3,4)5)49-27(25)26(43)23(42)14-34-28(44)20-12-24(51-37-20)21-15-52-19(2)36-21/h12,15,22-23,25-27,41-43H,6-11,13-14,16-17H2,1-5H3,(H,34,44)(H,35,40)(H,45,46)/t22-,23+,25+,26+,27+,32-,33+/m0/s1. The summed E-state index contributed by atoms with van der Waals surface area (Å²) in [5, 5.41) is 55.4. The van der Waals surface area contributed by atoms with Crippen LogP contribution < -0.4 is 10.6 Å². The third-order valence-corrected chi connectivity index (χ3v) is 10.3. The number of carboxylic acids is 1. The SMILES string of the molecule is CC(=O)N[C@H]1[C@H]([C@H](O)[C@H](O)CNC(=O)c2cc(-c3csc(C)n3)on2)O[C@@](CCN2CCOC[C@@]23CCN(C(=O)OC(C)(C)C)C3)(C(=O)O)C[C@@H]1O. The van der Waals surface area contributed by atoms with Crippen molar-refractivity contribution in [2.45, 2.75) is 101 Å². The highest BCUT2D eigenvalue weighted by Crippen LogP contribution is 2.38. The lowest BCUT2D eigenvalue weighted by Crippen LogP contribution is -2.68. The number of hydrogen-bond donors (Lipinski definition) is 6. The first-order valence-corrected chi connectivity index (χ1v) is 18.0. The van der Waals surface area contributed by atoms with Gasteiger partial charge in [-0.25, -0.2) is 14.6 Å². The molecule has 3 fully saturated rings. The van der Waals surface area contributed by atoms with Crippen molar-refractivity contribution in [2.75, 3.05) is 45.9 Å². The summed E-state index contributed by atoms with van der Waals surface area (Å²) in [5.74, 6) is -2.46. The number of aliphatic hydroxyl groups excluding tert-OH is 3. The van der Waals surface area contributed by atoms with Crippen LogP contribution in [0.15, 0.2) is 16.0 Å². The Bertz CT molecular complexity index is 1610. The maximum absolute atomic E-state index is 13.0. The van der Waals surface area contributed by atoms with Crippen LogP contribution in [-0.2, 0) is 23.8 Å². The van der Waals surface area contributed by atoms with Crippen LogP contribution >= 0.6 is 11.3 Å². The predicted molar refractivity (Wildman–Crippen MR) is 182 cm³/mol. The number of aryl methyl sites for hydroxylation is 1. The average Bonchev–Trinajstić information content (AvgIpc) is 3.83. The summed E-state index contributed by atoms with van der Waals surface area (Å²) in [6.45, 7) is 9.83. The fraction of sp³-hybridized carbons (Fsp3) is 0.697. The summed E-state index contributed by atoms with van der Waals surface area (Å²) in [6.07, 6.45) is -7.18. The lowest BCUT2D eigenvalue weighted by atomic mass is 9.81. The van der Waals surface area contributed by atoms with Gasteiger partial charge in [-0.15, -0.1) is 11.3 Å². The molecule has 5 heterocycles. The molecule has 0 bridgehead atoms. The number of ether oxygens (including phenoxy) is 3. The third kappa shape index (κ3) is 8.90. The number of likely N-dealkylation sites (tertiary alicyclic amines) is 1. The second-order valence-electron chi connectivity index (χ2n) is 14.6. The van der Waals surface area contributed by atoms with Gasteiger partial charge in [-0.3, -0.25) is 14.5 Å². The van der Waals surface area contributed by atoms with E-state index in [0.717, 1.165) is 5.01 Å². The van der Waals surface area contributed by atoms with Gasteiger partial charge in [0.05, 0.1) is 42.0 Å². The Morgan fingerprint density at radius 3 is 2.62 bits per heavy atom. The Morgan fingerprint density at radius 1 is 1.21 bits per heavy atom. The van der Waals surface area contributed by atoms with E-state index in [0.29, 0.717) is 45.0 Å². The van der Waals surface area contributed by atoms with Crippen LogP contribution in [0.3, 0.4) is 0 Å². The highest BCUT2D eigenvalue weighted by Gasteiger charge is 2.55. The molecule has 3 saturated heterocycles. The van der Waals surface area contributed by atoms with E-state index in [1.165, 1.54) is 24.3 Å². The summed E-state index contributed by atoms with van der Waals surface area (Å²) in [4.78, 5) is 58.7. The predicted octanol–water partition coefficient (Wildman–Crippen LogP) is 0.138. The number of rotatable bonds is 11. The highest BCUT2D eigenvalue weighted by atomic mass is 32.1. The number of aliphatic hydroxyl groups is 3. The monoisotopic (exact) mass is 752 g/mol. The summed E-state index contributed by atoms with van der Waals surface area (Å²) in [6, 6.07) is 0.0810. The molecule has 288 valence electrons. The molecule has 3 aliphatic heterocycles. The van der Waals surface area contributed by atoms with Crippen LogP contribution in [0.4, 0.5) is 4.79 Å². The number of thiazole rings is 1. The number of amides is 3. The quantitative estimate of drug-likeness (QED) is 0.179. The first-order valence-electron chi connectivity index (χ1n) is 17.1. The number of aliphatic carboxylic acids is 1. The number of carbonyl (C=O) groups excluding carboxylic acids is 3. The van der Waals surface area contributed by atoms with Gasteiger partial charge in [0.2, 0.25) is 5.91 Å². The van der Waals surface area contributed by atoms with E-state index in [9.17, 15) is 39.6 Å². The molecule has 0 radical (unpaired) electrons. The average molecular weight is 753 g/mol. The van der Waals surface area contributed by atoms with E-state index in [2.05, 4.69) is 25.7 Å². The molecule has 2 aromatic heterocycles. The molecule has 1 spiro atoms. The van der Waals surface area contributed by atoms with Gasteiger partial charge in [-0.2, -0.15) is 0 Å². The number of nitrogens with one attached hydrogen (secondary N) is 2. The number of hydrogen-bond acceptors (Lipinski definition) is 15. The number of carbonyl (C=O) groups is 4. The van der Waals surface area contributed by atoms with Crippen LogP contribution in [0.25, 0.3) is 11.5 Å². The maximum Gasteiger partial charge on any atom is 0.410 e. The first-order chi connectivity index (χ1) is 24.4. The maximum atomic E-state index is 13.0. The van der Waals surface area contributed by atoms with Crippen molar-refractivity contribution in [1.82, 2.24) is 30.6 Å². The van der Waals surface area contributed by atoms with Gasteiger partial charge in [0.1, 0.15) is 23.5 Å². The first kappa shape index (κ1) is 39.5. The number of morpholine rings is 1. The Labute approximate surface area is 304 Å². The van der Waals surface area contributed by atoms with Crippen molar-refractivity contribution in [3.63, 3.8) is 0 Å². The minimum atomic E-state index is -2.04. The van der Waals surface area contributed by atoms with E-state index in [1.807, 2.05) is 6.92 Å². The normalized spacial score (nSPS) is 28.0. The molecule has 3 amide bonds. The summed E-state index contributed by atoms with van der Waals surface area (Å²) in [5.41, 5.74) is -2.95. The zero-order valence-electron chi connectivity index (χ0n) is 29.9. The van der Waals surface area contributed by atoms with Gasteiger partial charge >= 0.3 is 12.1 Å². The molecule has 2 aromatic rings. The topological polar surface area (TPSA) is 246 Å². The fourth-order valence-electron chi connectivity index (χ4n) is 6.92. The zero-order chi connectivity index (χ0) is 38.0. The van der Waals surface area contributed by atoms with Crippen molar-refractivity contribution in [3.05, 3.63) is 22.1 Å². The van der Waals surface area contributed by atoms with E-state index >= 15 is 0 Å². The lowest BCUT2D eigenvalue weighted by Gasteiger charge is -2.49. The molecule has 5 rings (SSSR count). The van der Waals surface area contributed by atoms with Crippen molar-refractivity contribution in [2.24, 2.45) is 0 Å². The molecule has 19 heteroatoms. The number of aromatic nitrogens is 2. The van der Waals surface area contributed by atoms with Crippen molar-refractivity contribution in [1.29, 1.82) is 0 Å².